The van der Waals surface area contributed by atoms with E-state index in [0.29, 0.717) is 19.4 Å². The molecule has 0 bridgehead atoms. The number of aliphatic carboxylic acids is 1. The lowest BCUT2D eigenvalue weighted by atomic mass is 10.1. The molecule has 1 aromatic carbocycles. The number of carboxylic acid groups (broad SMARTS) is 1. The molecule has 2 rings (SSSR count). The Morgan fingerprint density at radius 2 is 2.04 bits per heavy atom. The van der Waals surface area contributed by atoms with Crippen molar-refractivity contribution in [2.45, 2.75) is 25.1 Å². The highest BCUT2D eigenvalue weighted by atomic mass is 32.1. The fourth-order valence-corrected chi connectivity index (χ4v) is 2.84. The zero-order valence-electron chi connectivity index (χ0n) is 12.7. The summed E-state index contributed by atoms with van der Waals surface area (Å²) in [6.45, 7) is 0.420. The third-order valence-electron chi connectivity index (χ3n) is 3.55. The summed E-state index contributed by atoms with van der Waals surface area (Å²) in [6, 6.07) is 2.71. The van der Waals surface area contributed by atoms with Gasteiger partial charge in [0.15, 0.2) is 0 Å². The quantitative estimate of drug-likeness (QED) is 0.558. The second-order valence-electron chi connectivity index (χ2n) is 4.91. The topological polar surface area (TPSA) is 96.0 Å². The van der Waals surface area contributed by atoms with Crippen molar-refractivity contribution in [1.29, 1.82) is 0 Å². The summed E-state index contributed by atoms with van der Waals surface area (Å²) in [5, 5.41) is 15.6. The molecule has 6 nitrogen and oxygen atoms in total. The normalized spacial score (nSPS) is 17.1. The molecule has 0 aromatic heterocycles. The first-order valence-electron chi connectivity index (χ1n) is 6.80. The lowest BCUT2D eigenvalue weighted by Gasteiger charge is -2.25. The van der Waals surface area contributed by atoms with Gasteiger partial charge in [-0.3, -0.25) is 0 Å². The maximum Gasteiger partial charge on any atom is 0.419 e. The maximum absolute atomic E-state index is 13.0. The van der Waals surface area contributed by atoms with E-state index in [1.165, 1.54) is 17.0 Å². The molecule has 0 spiro atoms. The molecule has 1 aliphatic heterocycles. The molecule has 1 fully saturated rings. The fraction of sp³-hybridized carbons (Fsp3) is 0.429. The second-order valence-corrected chi connectivity index (χ2v) is 5.29. The monoisotopic (exact) mass is 366 g/mol. The molecule has 0 amide bonds. The predicted molar refractivity (Wildman–Crippen MR) is 83.0 cm³/mol. The molecule has 0 unspecified atom stereocenters. The summed E-state index contributed by atoms with van der Waals surface area (Å²) in [5.74, 6) is 2.18. The van der Waals surface area contributed by atoms with E-state index >= 15 is 0 Å². The Hall–Kier alpha value is -1.91. The van der Waals surface area contributed by atoms with E-state index in [2.05, 4.69) is 5.90 Å². The summed E-state index contributed by atoms with van der Waals surface area (Å²) in [6.07, 6.45) is -3.51. The van der Waals surface area contributed by atoms with Gasteiger partial charge in [0, 0.05) is 12.1 Å². The number of hydrogen-bond acceptors (Lipinski definition) is 5. The number of carbonyl (C=O) groups is 1. The van der Waals surface area contributed by atoms with Gasteiger partial charge in [-0.1, -0.05) is 12.2 Å². The van der Waals surface area contributed by atoms with Crippen molar-refractivity contribution in [3.05, 3.63) is 29.3 Å². The average molecular weight is 366 g/mol. The minimum atomic E-state index is -4.58. The second kappa shape index (κ2) is 8.27. The van der Waals surface area contributed by atoms with E-state index in [0.717, 1.165) is 13.2 Å². The largest absolute Gasteiger partial charge is 0.496 e. The molecule has 1 aromatic rings. The molecular weight excluding hydrogens is 349 g/mol. The van der Waals surface area contributed by atoms with Gasteiger partial charge in [-0.15, -0.1) is 0 Å². The molecule has 1 heterocycles. The molecule has 0 saturated carbocycles. The zero-order valence-corrected chi connectivity index (χ0v) is 13.5. The van der Waals surface area contributed by atoms with E-state index in [4.69, 9.17) is 27.3 Å². The smallest absolute Gasteiger partial charge is 0.419 e. The van der Waals surface area contributed by atoms with E-state index < -0.39 is 23.8 Å². The van der Waals surface area contributed by atoms with Crippen LogP contribution in [0.25, 0.3) is 0 Å². The van der Waals surface area contributed by atoms with Crippen LogP contribution in [0.2, 0.25) is 0 Å². The number of hydrogen-bond donors (Lipinski definition) is 3. The van der Waals surface area contributed by atoms with Crippen LogP contribution in [0.15, 0.2) is 18.2 Å². The Kier molecular flexibility index (Phi) is 6.93. The van der Waals surface area contributed by atoms with E-state index in [1.54, 1.807) is 0 Å². The molecule has 0 radical (unpaired) electrons. The van der Waals surface area contributed by atoms with Gasteiger partial charge in [-0.25, -0.2) is 10.7 Å². The van der Waals surface area contributed by atoms with E-state index in [-0.39, 0.29) is 16.3 Å². The summed E-state index contributed by atoms with van der Waals surface area (Å²) in [4.78, 5) is 12.7. The van der Waals surface area contributed by atoms with Crippen LogP contribution in [0.4, 0.5) is 13.2 Å². The number of halogens is 3. The first-order valence-corrected chi connectivity index (χ1v) is 7.21. The first-order chi connectivity index (χ1) is 11.3. The number of methoxy groups -OCH3 is 1. The summed E-state index contributed by atoms with van der Waals surface area (Å²) in [7, 11) is 1.16. The van der Waals surface area contributed by atoms with E-state index in [9.17, 15) is 18.0 Å². The number of nitrogens with two attached hydrogens (primary N) is 1. The Labute approximate surface area is 141 Å². The molecule has 0 aliphatic carbocycles. The van der Waals surface area contributed by atoms with Crippen molar-refractivity contribution in [3.8, 4) is 5.75 Å². The average Bonchev–Trinajstić information content (AvgIpc) is 3.04. The van der Waals surface area contributed by atoms with Crippen LogP contribution in [0, 0.1) is 0 Å². The van der Waals surface area contributed by atoms with Crippen molar-refractivity contribution < 1.29 is 33.0 Å². The third-order valence-corrected chi connectivity index (χ3v) is 4.02. The Balaban J connectivity index is 0.00000139. The van der Waals surface area contributed by atoms with E-state index in [1.807, 2.05) is 0 Å². The van der Waals surface area contributed by atoms with Crippen molar-refractivity contribution in [2.75, 3.05) is 13.7 Å². The van der Waals surface area contributed by atoms with Crippen molar-refractivity contribution in [1.82, 2.24) is 4.90 Å². The molecule has 4 N–H and O–H groups in total. The van der Waals surface area contributed by atoms with Gasteiger partial charge in [0.1, 0.15) is 16.8 Å². The number of ether oxygens (including phenoxy) is 1. The van der Waals surface area contributed by atoms with Gasteiger partial charge < -0.3 is 20.0 Å². The molecule has 1 aliphatic rings. The van der Waals surface area contributed by atoms with Gasteiger partial charge in [-0.2, -0.15) is 13.2 Å². The van der Waals surface area contributed by atoms with Gasteiger partial charge in [-0.05, 0) is 31.0 Å². The fourth-order valence-electron chi connectivity index (χ4n) is 2.49. The highest BCUT2D eigenvalue weighted by molar-refractivity contribution is 7.80. The SMILES string of the molecule is COc1ccc(C(=S)N2CCC[C@@H]2C(=O)O)cc1C(F)(F)F.NO. The number of benzene rings is 1. The minimum absolute atomic E-state index is 0.109. The predicted octanol–water partition coefficient (Wildman–Crippen LogP) is 2.27. The van der Waals surface area contributed by atoms with Gasteiger partial charge in [0.2, 0.25) is 0 Å². The van der Waals surface area contributed by atoms with Crippen molar-refractivity contribution in [3.63, 3.8) is 0 Å². The minimum Gasteiger partial charge on any atom is -0.496 e. The standard InChI is InChI=1S/C14H14F3NO3S.H3NO/c1-21-11-5-4-8(7-9(11)14(15,16)17)12(22)18-6-2-3-10(18)13(19)20;1-2/h4-5,7,10H,2-3,6H2,1H3,(H,19,20);2H,1H2/t10-;/m1./s1. The molecular formula is C14H17F3N2O4S. The Morgan fingerprint density at radius 1 is 1.42 bits per heavy atom. The lowest BCUT2D eigenvalue weighted by molar-refractivity contribution is -0.141. The van der Waals surface area contributed by atoms with Gasteiger partial charge in [0.25, 0.3) is 0 Å². The number of carboxylic acids is 1. The third kappa shape index (κ3) is 4.34. The van der Waals surface area contributed by atoms with Crippen molar-refractivity contribution in [2.24, 2.45) is 5.90 Å². The summed E-state index contributed by atoms with van der Waals surface area (Å²) < 4.78 is 43.8. The molecule has 1 atom stereocenters. The molecule has 1 saturated heterocycles. The summed E-state index contributed by atoms with van der Waals surface area (Å²) >= 11 is 5.19. The van der Waals surface area contributed by atoms with Crippen LogP contribution in [0.5, 0.6) is 5.75 Å². The van der Waals surface area contributed by atoms with Gasteiger partial charge >= 0.3 is 12.1 Å². The number of nitrogens with zero attached hydrogens (tertiary/aromatic N) is 1. The first kappa shape index (κ1) is 20.1. The highest BCUT2D eigenvalue weighted by Gasteiger charge is 2.36. The number of thiocarbonyl (C=S) groups is 1. The van der Waals surface area contributed by atoms with Crippen LogP contribution in [-0.4, -0.2) is 45.9 Å². The zero-order chi connectivity index (χ0) is 18.5. The molecule has 24 heavy (non-hydrogen) atoms. The Morgan fingerprint density at radius 3 is 2.54 bits per heavy atom. The molecule has 10 heteroatoms. The maximum atomic E-state index is 13.0. The number of rotatable bonds is 3. The number of alkyl halides is 3. The van der Waals surface area contributed by atoms with Crippen LogP contribution >= 0.6 is 12.2 Å². The van der Waals surface area contributed by atoms with Crippen LogP contribution in [0.1, 0.15) is 24.0 Å². The lowest BCUT2D eigenvalue weighted by Crippen LogP contribution is -2.39. The van der Waals surface area contributed by atoms with Crippen molar-refractivity contribution >= 4 is 23.2 Å². The number of likely N-dealkylation sites (tertiary alicyclic amines) is 1. The van der Waals surface area contributed by atoms with Crippen LogP contribution in [-0.2, 0) is 11.0 Å². The summed E-state index contributed by atoms with van der Waals surface area (Å²) in [5.41, 5.74) is -0.766. The van der Waals surface area contributed by atoms with Crippen LogP contribution in [0.3, 0.4) is 0 Å². The van der Waals surface area contributed by atoms with Gasteiger partial charge in [0.05, 0.1) is 12.7 Å². The Bertz CT molecular complexity index is 610. The highest BCUT2D eigenvalue weighted by Crippen LogP contribution is 2.37. The molecule has 134 valence electrons. The van der Waals surface area contributed by atoms with Crippen LogP contribution < -0.4 is 10.6 Å².